The van der Waals surface area contributed by atoms with Crippen LogP contribution in [0.1, 0.15) is 53.0 Å². The topological polar surface area (TPSA) is 61.9 Å². The van der Waals surface area contributed by atoms with Gasteiger partial charge in [0.15, 0.2) is 0 Å². The molecule has 150 valence electrons. The van der Waals surface area contributed by atoms with Gasteiger partial charge in [0.25, 0.3) is 5.56 Å². The number of fused-ring (bicyclic) bond motifs is 2. The molecule has 7 heteroatoms. The molecule has 1 aliphatic heterocycles. The first kappa shape index (κ1) is 18.9. The molecule has 0 saturated carbocycles. The van der Waals surface area contributed by atoms with Crippen LogP contribution < -0.4 is 5.56 Å². The van der Waals surface area contributed by atoms with E-state index in [0.29, 0.717) is 5.92 Å². The van der Waals surface area contributed by atoms with Gasteiger partial charge in [-0.1, -0.05) is 12.1 Å². The van der Waals surface area contributed by atoms with Gasteiger partial charge in [-0.25, -0.2) is 9.97 Å². The highest BCUT2D eigenvalue weighted by atomic mass is 32.1. The highest BCUT2D eigenvalue weighted by Gasteiger charge is 2.28. The Morgan fingerprint density at radius 1 is 1.14 bits per heavy atom. The zero-order valence-corrected chi connectivity index (χ0v) is 18.5. The number of thiophene rings is 1. The zero-order chi connectivity index (χ0) is 20.1. The van der Waals surface area contributed by atoms with Crippen LogP contribution in [0.2, 0.25) is 0 Å². The number of hydrogen-bond acceptors (Lipinski definition) is 6. The molecule has 5 nitrogen and oxygen atoms in total. The minimum atomic E-state index is -0.0111. The molecule has 0 bridgehead atoms. The molecule has 0 spiro atoms. The first-order valence-electron chi connectivity index (χ1n) is 10.1. The van der Waals surface area contributed by atoms with Crippen molar-refractivity contribution in [1.29, 1.82) is 0 Å². The summed E-state index contributed by atoms with van der Waals surface area (Å²) in [6.45, 7) is 8.19. The van der Waals surface area contributed by atoms with E-state index in [1.165, 1.54) is 14.6 Å². The molecule has 4 heterocycles. The molecule has 29 heavy (non-hydrogen) atoms. The standard InChI is InChI=1S/C22H24N4OS2/c1-12-14(3)28-22-18(12)20(27)24-19(25-22)13(2)26-10-8-15(9-11-26)21-23-16-6-4-5-7-17(16)29-21/h4-7,13,15H,8-11H2,1-3H3,(H,24,25,27). The number of thiazole rings is 1. The lowest BCUT2D eigenvalue weighted by molar-refractivity contribution is 0.157. The summed E-state index contributed by atoms with van der Waals surface area (Å²) in [7, 11) is 0. The number of hydrogen-bond donors (Lipinski definition) is 1. The number of rotatable bonds is 3. The van der Waals surface area contributed by atoms with Gasteiger partial charge in [-0.05, 0) is 64.4 Å². The fourth-order valence-electron chi connectivity index (χ4n) is 4.24. The molecule has 1 aliphatic rings. The Hall–Kier alpha value is -2.09. The fourth-order valence-corrected chi connectivity index (χ4v) is 6.41. The Bertz CT molecular complexity index is 1210. The van der Waals surface area contributed by atoms with Gasteiger partial charge in [0, 0.05) is 10.8 Å². The average molecular weight is 425 g/mol. The predicted octanol–water partition coefficient (Wildman–Crippen LogP) is 5.15. The second kappa shape index (κ2) is 7.31. The molecular formula is C22H24N4OS2. The third-order valence-corrected chi connectivity index (χ3v) is 8.49. The summed E-state index contributed by atoms with van der Waals surface area (Å²) in [5.41, 5.74) is 2.15. The molecule has 1 unspecified atom stereocenters. The van der Waals surface area contributed by atoms with E-state index in [0.717, 1.165) is 53.1 Å². The van der Waals surface area contributed by atoms with Crippen LogP contribution >= 0.6 is 22.7 Å². The summed E-state index contributed by atoms with van der Waals surface area (Å²) < 4.78 is 1.27. The minimum absolute atomic E-state index is 0.0111. The quantitative estimate of drug-likeness (QED) is 0.494. The van der Waals surface area contributed by atoms with Crippen LogP contribution in [0.4, 0.5) is 0 Å². The number of H-pyrrole nitrogens is 1. The SMILES string of the molecule is Cc1sc2nc(C(C)N3CCC(c4nc5ccccc5s4)CC3)[nH]c(=O)c2c1C. The molecule has 0 aliphatic carbocycles. The highest BCUT2D eigenvalue weighted by molar-refractivity contribution is 7.19. The Balaban J connectivity index is 1.34. The summed E-state index contributed by atoms with van der Waals surface area (Å²) >= 11 is 3.44. The van der Waals surface area contributed by atoms with Gasteiger partial charge in [0.1, 0.15) is 10.7 Å². The smallest absolute Gasteiger partial charge is 0.259 e. The van der Waals surface area contributed by atoms with Gasteiger partial charge >= 0.3 is 0 Å². The molecule has 1 fully saturated rings. The number of nitrogens with one attached hydrogen (secondary N) is 1. The molecule has 5 rings (SSSR count). The van der Waals surface area contributed by atoms with Gasteiger partial charge in [0.2, 0.25) is 0 Å². The summed E-state index contributed by atoms with van der Waals surface area (Å²) in [6.07, 6.45) is 2.18. The Labute approximate surface area is 177 Å². The van der Waals surface area contributed by atoms with Crippen molar-refractivity contribution in [1.82, 2.24) is 19.9 Å². The molecule has 1 N–H and O–H groups in total. The van der Waals surface area contributed by atoms with E-state index in [4.69, 9.17) is 9.97 Å². The number of nitrogens with zero attached hydrogens (tertiary/aromatic N) is 3. The van der Waals surface area contributed by atoms with Crippen molar-refractivity contribution in [2.75, 3.05) is 13.1 Å². The van der Waals surface area contributed by atoms with Gasteiger partial charge in [0.05, 0.1) is 26.7 Å². The van der Waals surface area contributed by atoms with E-state index in [-0.39, 0.29) is 11.6 Å². The first-order chi connectivity index (χ1) is 14.0. The summed E-state index contributed by atoms with van der Waals surface area (Å²) in [6, 6.07) is 8.48. The molecule has 1 atom stereocenters. The minimum Gasteiger partial charge on any atom is -0.309 e. The number of aromatic amines is 1. The first-order valence-corrected chi connectivity index (χ1v) is 11.7. The van der Waals surface area contributed by atoms with Crippen molar-refractivity contribution in [3.8, 4) is 0 Å². The van der Waals surface area contributed by atoms with Gasteiger partial charge < -0.3 is 4.98 Å². The third kappa shape index (κ3) is 3.31. The molecule has 1 aromatic carbocycles. The highest BCUT2D eigenvalue weighted by Crippen LogP contribution is 2.36. The van der Waals surface area contributed by atoms with E-state index >= 15 is 0 Å². The van der Waals surface area contributed by atoms with Gasteiger partial charge in [-0.15, -0.1) is 22.7 Å². The van der Waals surface area contributed by atoms with Crippen LogP contribution in [0, 0.1) is 13.8 Å². The zero-order valence-electron chi connectivity index (χ0n) is 16.9. The van der Waals surface area contributed by atoms with Crippen molar-refractivity contribution < 1.29 is 0 Å². The average Bonchev–Trinajstić information content (AvgIpc) is 3.28. The van der Waals surface area contributed by atoms with Gasteiger partial charge in [-0.3, -0.25) is 9.69 Å². The molecule has 1 saturated heterocycles. The van der Waals surface area contributed by atoms with E-state index in [1.807, 2.05) is 18.3 Å². The third-order valence-electron chi connectivity index (χ3n) is 6.19. The second-order valence-corrected chi connectivity index (χ2v) is 10.2. The molecule has 4 aromatic rings. The number of benzene rings is 1. The Morgan fingerprint density at radius 2 is 1.90 bits per heavy atom. The van der Waals surface area contributed by atoms with Crippen LogP contribution in [0.25, 0.3) is 20.4 Å². The Morgan fingerprint density at radius 3 is 2.66 bits per heavy atom. The van der Waals surface area contributed by atoms with E-state index in [9.17, 15) is 4.79 Å². The maximum atomic E-state index is 12.6. The van der Waals surface area contributed by atoms with Crippen LogP contribution in [0.3, 0.4) is 0 Å². The maximum absolute atomic E-state index is 12.6. The van der Waals surface area contributed by atoms with Crippen LogP contribution in [0.5, 0.6) is 0 Å². The van der Waals surface area contributed by atoms with Crippen molar-refractivity contribution in [2.24, 2.45) is 0 Å². The summed E-state index contributed by atoms with van der Waals surface area (Å²) in [5.74, 6) is 1.30. The lowest BCUT2D eigenvalue weighted by Crippen LogP contribution is -2.36. The molecular weight excluding hydrogens is 400 g/mol. The number of aryl methyl sites for hydroxylation is 2. The fraction of sp³-hybridized carbons (Fsp3) is 0.409. The van der Waals surface area contributed by atoms with Crippen molar-refractivity contribution in [3.63, 3.8) is 0 Å². The molecule has 0 radical (unpaired) electrons. The molecule has 0 amide bonds. The van der Waals surface area contributed by atoms with E-state index in [1.54, 1.807) is 11.3 Å². The molecule has 3 aromatic heterocycles. The van der Waals surface area contributed by atoms with Gasteiger partial charge in [-0.2, -0.15) is 0 Å². The normalized spacial score (nSPS) is 17.3. The number of piperidine rings is 1. The van der Waals surface area contributed by atoms with Crippen LogP contribution in [-0.2, 0) is 0 Å². The second-order valence-electron chi connectivity index (χ2n) is 7.92. The maximum Gasteiger partial charge on any atom is 0.259 e. The lowest BCUT2D eigenvalue weighted by atomic mass is 9.96. The largest absolute Gasteiger partial charge is 0.309 e. The number of para-hydroxylation sites is 1. The predicted molar refractivity (Wildman–Crippen MR) is 121 cm³/mol. The van der Waals surface area contributed by atoms with Crippen LogP contribution in [-0.4, -0.2) is 32.9 Å². The van der Waals surface area contributed by atoms with Crippen molar-refractivity contribution >= 4 is 43.1 Å². The summed E-state index contributed by atoms with van der Waals surface area (Å²) in [4.78, 5) is 29.8. The van der Waals surface area contributed by atoms with Crippen molar-refractivity contribution in [3.05, 3.63) is 55.9 Å². The summed E-state index contributed by atoms with van der Waals surface area (Å²) in [5, 5.41) is 2.01. The number of likely N-dealkylation sites (tertiary alicyclic amines) is 1. The van der Waals surface area contributed by atoms with E-state index < -0.39 is 0 Å². The van der Waals surface area contributed by atoms with Crippen molar-refractivity contribution in [2.45, 2.75) is 45.6 Å². The monoisotopic (exact) mass is 424 g/mol. The van der Waals surface area contributed by atoms with Crippen LogP contribution in [0.15, 0.2) is 29.1 Å². The Kier molecular flexibility index (Phi) is 4.76. The number of aromatic nitrogens is 3. The van der Waals surface area contributed by atoms with E-state index in [2.05, 4.69) is 48.0 Å². The lowest BCUT2D eigenvalue weighted by Gasteiger charge is -2.34.